The second-order valence-corrected chi connectivity index (χ2v) is 5.67. The molecule has 0 spiro atoms. The molecule has 4 heteroatoms. The second kappa shape index (κ2) is 7.96. The van der Waals surface area contributed by atoms with Crippen LogP contribution in [0.5, 0.6) is 0 Å². The maximum atomic E-state index is 12.0. The molecular weight excluding hydrogens is 304 g/mol. The standard InChI is InChI=1S/C15H19BrN2O/c1-3-12(4-2)14(16)10-18-15(19)13-7-5-6-11(8-13)9-17/h5-8,12,14H,3-4,10H2,1-2H3,(H,18,19). The molecule has 1 atom stereocenters. The van der Waals surface area contributed by atoms with Crippen molar-refractivity contribution >= 4 is 21.8 Å². The van der Waals surface area contributed by atoms with Gasteiger partial charge in [0.1, 0.15) is 0 Å². The van der Waals surface area contributed by atoms with Crippen LogP contribution in [0.3, 0.4) is 0 Å². The first-order chi connectivity index (χ1) is 9.12. The molecule has 0 aromatic heterocycles. The predicted octanol–water partition coefficient (Wildman–Crippen LogP) is 3.49. The van der Waals surface area contributed by atoms with Crippen molar-refractivity contribution in [2.45, 2.75) is 31.5 Å². The molecule has 1 unspecified atom stereocenters. The highest BCUT2D eigenvalue weighted by Gasteiger charge is 2.16. The molecule has 0 bridgehead atoms. The summed E-state index contributed by atoms with van der Waals surface area (Å²) in [6.45, 7) is 4.91. The molecule has 0 aliphatic heterocycles. The van der Waals surface area contributed by atoms with Gasteiger partial charge in [0.25, 0.3) is 5.91 Å². The minimum absolute atomic E-state index is 0.132. The highest BCUT2D eigenvalue weighted by molar-refractivity contribution is 9.09. The number of amides is 1. The van der Waals surface area contributed by atoms with Crippen LogP contribution in [0.25, 0.3) is 0 Å². The molecule has 1 N–H and O–H groups in total. The van der Waals surface area contributed by atoms with Crippen molar-refractivity contribution in [3.8, 4) is 6.07 Å². The molecule has 1 amide bonds. The molecule has 1 rings (SSSR count). The summed E-state index contributed by atoms with van der Waals surface area (Å²) >= 11 is 3.63. The van der Waals surface area contributed by atoms with Crippen LogP contribution in [0, 0.1) is 17.2 Å². The Bertz CT molecular complexity index is 463. The average Bonchev–Trinajstić information content (AvgIpc) is 2.46. The molecule has 0 aliphatic carbocycles. The van der Waals surface area contributed by atoms with E-state index in [0.717, 1.165) is 12.8 Å². The number of nitrogens with one attached hydrogen (secondary N) is 1. The lowest BCUT2D eigenvalue weighted by atomic mass is 9.99. The third-order valence-electron chi connectivity index (χ3n) is 3.27. The van der Waals surface area contributed by atoms with Crippen molar-refractivity contribution in [3.63, 3.8) is 0 Å². The maximum absolute atomic E-state index is 12.0. The van der Waals surface area contributed by atoms with Gasteiger partial charge in [-0.2, -0.15) is 5.26 Å². The Morgan fingerprint density at radius 3 is 2.68 bits per heavy atom. The number of halogens is 1. The fourth-order valence-electron chi connectivity index (χ4n) is 1.99. The number of carbonyl (C=O) groups is 1. The van der Waals surface area contributed by atoms with E-state index in [1.165, 1.54) is 0 Å². The van der Waals surface area contributed by atoms with Crippen LogP contribution < -0.4 is 5.32 Å². The van der Waals surface area contributed by atoms with Crippen LogP contribution in [0.1, 0.15) is 42.6 Å². The number of nitriles is 1. The largest absolute Gasteiger partial charge is 0.351 e. The number of rotatable bonds is 6. The molecule has 0 saturated heterocycles. The van der Waals surface area contributed by atoms with E-state index in [-0.39, 0.29) is 10.7 Å². The van der Waals surface area contributed by atoms with Crippen LogP contribution in [-0.4, -0.2) is 17.3 Å². The Morgan fingerprint density at radius 2 is 2.11 bits per heavy atom. The molecule has 19 heavy (non-hydrogen) atoms. The van der Waals surface area contributed by atoms with Crippen molar-refractivity contribution in [2.24, 2.45) is 5.92 Å². The van der Waals surface area contributed by atoms with E-state index < -0.39 is 0 Å². The third kappa shape index (κ3) is 4.68. The van der Waals surface area contributed by atoms with Crippen LogP contribution in [0.4, 0.5) is 0 Å². The van der Waals surface area contributed by atoms with Crippen molar-refractivity contribution in [1.29, 1.82) is 5.26 Å². The summed E-state index contributed by atoms with van der Waals surface area (Å²) in [7, 11) is 0. The van der Waals surface area contributed by atoms with Gasteiger partial charge in [0.2, 0.25) is 0 Å². The van der Waals surface area contributed by atoms with Crippen molar-refractivity contribution < 1.29 is 4.79 Å². The predicted molar refractivity (Wildman–Crippen MR) is 80.3 cm³/mol. The monoisotopic (exact) mass is 322 g/mol. The van der Waals surface area contributed by atoms with Gasteiger partial charge in [0, 0.05) is 16.9 Å². The quantitative estimate of drug-likeness (QED) is 0.815. The van der Waals surface area contributed by atoms with Crippen molar-refractivity contribution in [3.05, 3.63) is 35.4 Å². The number of benzene rings is 1. The van der Waals surface area contributed by atoms with E-state index in [4.69, 9.17) is 5.26 Å². The molecule has 0 fully saturated rings. The Labute approximate surface area is 123 Å². The Morgan fingerprint density at radius 1 is 1.42 bits per heavy atom. The van der Waals surface area contributed by atoms with Crippen LogP contribution in [0.15, 0.2) is 24.3 Å². The lowest BCUT2D eigenvalue weighted by Crippen LogP contribution is -2.32. The van der Waals surface area contributed by atoms with Crippen molar-refractivity contribution in [1.82, 2.24) is 5.32 Å². The lowest BCUT2D eigenvalue weighted by molar-refractivity contribution is 0.0952. The number of alkyl halides is 1. The van der Waals surface area contributed by atoms with Gasteiger partial charge in [0.05, 0.1) is 11.6 Å². The van der Waals surface area contributed by atoms with Gasteiger partial charge in [-0.3, -0.25) is 4.79 Å². The summed E-state index contributed by atoms with van der Waals surface area (Å²) in [5.74, 6) is 0.429. The summed E-state index contributed by atoms with van der Waals surface area (Å²) in [4.78, 5) is 12.3. The van der Waals surface area contributed by atoms with Crippen molar-refractivity contribution in [2.75, 3.05) is 6.54 Å². The zero-order valence-electron chi connectivity index (χ0n) is 11.3. The summed E-state index contributed by atoms with van der Waals surface area (Å²) in [6.07, 6.45) is 2.18. The highest BCUT2D eigenvalue weighted by Crippen LogP contribution is 2.19. The molecule has 1 aromatic rings. The highest BCUT2D eigenvalue weighted by atomic mass is 79.9. The minimum atomic E-state index is -0.132. The molecule has 1 aromatic carbocycles. The first kappa shape index (κ1) is 15.7. The molecular formula is C15H19BrN2O. The lowest BCUT2D eigenvalue weighted by Gasteiger charge is -2.19. The fourth-order valence-corrected chi connectivity index (χ4v) is 2.90. The van der Waals surface area contributed by atoms with Gasteiger partial charge in [-0.05, 0) is 24.1 Å². The van der Waals surface area contributed by atoms with Gasteiger partial charge in [-0.15, -0.1) is 0 Å². The number of hydrogen-bond acceptors (Lipinski definition) is 2. The molecule has 0 saturated carbocycles. The first-order valence-electron chi connectivity index (χ1n) is 6.54. The summed E-state index contributed by atoms with van der Waals surface area (Å²) in [5.41, 5.74) is 1.03. The van der Waals surface area contributed by atoms with Crippen LogP contribution in [0.2, 0.25) is 0 Å². The molecule has 0 radical (unpaired) electrons. The zero-order valence-corrected chi connectivity index (χ0v) is 12.9. The van der Waals surface area contributed by atoms with Crippen LogP contribution >= 0.6 is 15.9 Å². The number of nitrogens with zero attached hydrogens (tertiary/aromatic N) is 1. The molecule has 0 heterocycles. The summed E-state index contributed by atoms with van der Waals surface area (Å²) in [6, 6.07) is 8.77. The second-order valence-electron chi connectivity index (χ2n) is 4.50. The topological polar surface area (TPSA) is 52.9 Å². The zero-order chi connectivity index (χ0) is 14.3. The van der Waals surface area contributed by atoms with E-state index in [1.54, 1.807) is 24.3 Å². The number of hydrogen-bond donors (Lipinski definition) is 1. The van der Waals surface area contributed by atoms with E-state index in [2.05, 4.69) is 35.1 Å². The normalized spacial score (nSPS) is 11.9. The van der Waals surface area contributed by atoms with Gasteiger partial charge in [-0.1, -0.05) is 48.7 Å². The van der Waals surface area contributed by atoms with E-state index in [0.29, 0.717) is 23.6 Å². The Balaban J connectivity index is 2.58. The fraction of sp³-hybridized carbons (Fsp3) is 0.467. The molecule has 3 nitrogen and oxygen atoms in total. The SMILES string of the molecule is CCC(CC)C(Br)CNC(=O)c1cccc(C#N)c1. The molecule has 0 aliphatic rings. The third-order valence-corrected chi connectivity index (χ3v) is 4.34. The van der Waals surface area contributed by atoms with E-state index in [1.807, 2.05) is 6.07 Å². The van der Waals surface area contributed by atoms with Gasteiger partial charge in [0.15, 0.2) is 0 Å². The summed E-state index contributed by atoms with van der Waals surface area (Å²) < 4.78 is 0. The van der Waals surface area contributed by atoms with Gasteiger partial charge < -0.3 is 5.32 Å². The van der Waals surface area contributed by atoms with Gasteiger partial charge >= 0.3 is 0 Å². The Kier molecular flexibility index (Phi) is 6.58. The maximum Gasteiger partial charge on any atom is 0.251 e. The van der Waals surface area contributed by atoms with E-state index >= 15 is 0 Å². The first-order valence-corrected chi connectivity index (χ1v) is 7.46. The minimum Gasteiger partial charge on any atom is -0.351 e. The Hall–Kier alpha value is -1.34. The van der Waals surface area contributed by atoms with E-state index in [9.17, 15) is 4.79 Å². The van der Waals surface area contributed by atoms with Crippen LogP contribution in [-0.2, 0) is 0 Å². The summed E-state index contributed by atoms with van der Waals surface area (Å²) in [5, 5.41) is 11.7. The van der Waals surface area contributed by atoms with Gasteiger partial charge in [-0.25, -0.2) is 0 Å². The average molecular weight is 323 g/mol. The molecule has 102 valence electrons. The smallest absolute Gasteiger partial charge is 0.251 e. The number of carbonyl (C=O) groups excluding carboxylic acids is 1.